The predicted octanol–water partition coefficient (Wildman–Crippen LogP) is 3.24. The number of nitrogens with zero attached hydrogens (tertiary/aromatic N) is 1. The van der Waals surface area contributed by atoms with Crippen LogP contribution in [0.3, 0.4) is 0 Å². The molecule has 1 heterocycles. The summed E-state index contributed by atoms with van der Waals surface area (Å²) in [7, 11) is 0. The van der Waals surface area contributed by atoms with Crippen molar-refractivity contribution in [2.75, 3.05) is 0 Å². The Kier molecular flexibility index (Phi) is 3.22. The van der Waals surface area contributed by atoms with Gasteiger partial charge in [0.25, 0.3) is 0 Å². The molecule has 0 spiro atoms. The van der Waals surface area contributed by atoms with E-state index in [1.165, 1.54) is 12.1 Å². The maximum absolute atomic E-state index is 13.4. The van der Waals surface area contributed by atoms with Gasteiger partial charge in [-0.15, -0.1) is 0 Å². The Morgan fingerprint density at radius 1 is 1.19 bits per heavy atom. The molecule has 0 aliphatic rings. The van der Waals surface area contributed by atoms with Crippen LogP contribution in [0.15, 0.2) is 48.7 Å². The number of carbonyl (C=O) groups excluding carboxylic acids is 1. The number of benzene rings is 2. The lowest BCUT2D eigenvalue weighted by Crippen LogP contribution is -2.11. The molecule has 0 unspecified atom stereocenters. The summed E-state index contributed by atoms with van der Waals surface area (Å²) in [5.74, 6) is -0.679. The minimum absolute atomic E-state index is 0.247. The number of halogens is 1. The van der Waals surface area contributed by atoms with Crippen LogP contribution in [0.2, 0.25) is 0 Å². The molecule has 106 valence electrons. The Hall–Kier alpha value is -2.62. The summed E-state index contributed by atoms with van der Waals surface area (Å²) in [6, 6.07) is 12.1. The quantitative estimate of drug-likeness (QED) is 0.787. The van der Waals surface area contributed by atoms with Crippen molar-refractivity contribution in [3.8, 4) is 0 Å². The molecule has 3 nitrogen and oxygen atoms in total. The van der Waals surface area contributed by atoms with Crippen molar-refractivity contribution in [2.24, 2.45) is 5.73 Å². The summed E-state index contributed by atoms with van der Waals surface area (Å²) in [5, 5.41) is 1.00. The van der Waals surface area contributed by atoms with Crippen molar-refractivity contribution < 1.29 is 9.18 Å². The number of primary amides is 1. The van der Waals surface area contributed by atoms with Crippen molar-refractivity contribution in [3.63, 3.8) is 0 Å². The molecule has 0 atom stereocenters. The minimum atomic E-state index is -0.432. The van der Waals surface area contributed by atoms with E-state index in [2.05, 4.69) is 0 Å². The molecule has 0 fully saturated rings. The number of amides is 1. The van der Waals surface area contributed by atoms with E-state index in [9.17, 15) is 9.18 Å². The Labute approximate surface area is 121 Å². The number of nitrogens with two attached hydrogens (primary N) is 1. The highest BCUT2D eigenvalue weighted by molar-refractivity contribution is 5.93. The second-order valence-electron chi connectivity index (χ2n) is 5.15. The zero-order chi connectivity index (χ0) is 15.0. The fourth-order valence-corrected chi connectivity index (χ4v) is 2.51. The fourth-order valence-electron chi connectivity index (χ4n) is 2.51. The first-order valence-corrected chi connectivity index (χ1v) is 6.68. The van der Waals surface area contributed by atoms with E-state index >= 15 is 0 Å². The molecule has 0 radical (unpaired) electrons. The van der Waals surface area contributed by atoms with Gasteiger partial charge in [-0.3, -0.25) is 4.79 Å². The monoisotopic (exact) mass is 282 g/mol. The molecule has 4 heteroatoms. The molecule has 0 saturated carbocycles. The Morgan fingerprint density at radius 2 is 2.00 bits per heavy atom. The van der Waals surface area contributed by atoms with Crippen molar-refractivity contribution in [2.45, 2.75) is 13.5 Å². The van der Waals surface area contributed by atoms with Crippen molar-refractivity contribution in [1.29, 1.82) is 0 Å². The van der Waals surface area contributed by atoms with Gasteiger partial charge in [0.2, 0.25) is 5.91 Å². The molecule has 1 aromatic heterocycles. The van der Waals surface area contributed by atoms with Gasteiger partial charge in [0.15, 0.2) is 0 Å². The van der Waals surface area contributed by atoms with E-state index in [4.69, 9.17) is 5.73 Å². The van der Waals surface area contributed by atoms with Gasteiger partial charge in [-0.1, -0.05) is 6.07 Å². The van der Waals surface area contributed by atoms with E-state index in [0.717, 1.165) is 22.0 Å². The highest BCUT2D eigenvalue weighted by Gasteiger charge is 2.07. The number of hydrogen-bond acceptors (Lipinski definition) is 1. The summed E-state index contributed by atoms with van der Waals surface area (Å²) in [5.41, 5.74) is 8.69. The van der Waals surface area contributed by atoms with E-state index in [-0.39, 0.29) is 5.82 Å². The van der Waals surface area contributed by atoms with Gasteiger partial charge in [-0.2, -0.15) is 0 Å². The van der Waals surface area contributed by atoms with E-state index < -0.39 is 5.91 Å². The van der Waals surface area contributed by atoms with Crippen LogP contribution < -0.4 is 5.73 Å². The Balaban J connectivity index is 1.99. The van der Waals surface area contributed by atoms with Crippen LogP contribution in [-0.4, -0.2) is 10.5 Å². The average Bonchev–Trinajstić information content (AvgIpc) is 2.83. The molecule has 21 heavy (non-hydrogen) atoms. The molecule has 2 N–H and O–H groups in total. The standard InChI is InChI=1S/C17H15FN2O/c1-11-8-13(17(19)21)2-3-14(11)10-20-7-6-12-4-5-15(18)9-16(12)20/h2-9H,10H2,1H3,(H2,19,21). The molecule has 3 rings (SSSR count). The van der Waals surface area contributed by atoms with Crippen LogP contribution in [0.25, 0.3) is 10.9 Å². The molecule has 0 aliphatic carbocycles. The first-order valence-electron chi connectivity index (χ1n) is 6.68. The molecular formula is C17H15FN2O. The predicted molar refractivity (Wildman–Crippen MR) is 80.7 cm³/mol. The van der Waals surface area contributed by atoms with Crippen LogP contribution in [-0.2, 0) is 6.54 Å². The van der Waals surface area contributed by atoms with Crippen LogP contribution in [0.5, 0.6) is 0 Å². The average molecular weight is 282 g/mol. The van der Waals surface area contributed by atoms with Gasteiger partial charge >= 0.3 is 0 Å². The maximum Gasteiger partial charge on any atom is 0.248 e. The van der Waals surface area contributed by atoms with E-state index in [1.807, 2.05) is 29.8 Å². The molecular weight excluding hydrogens is 267 g/mol. The van der Waals surface area contributed by atoms with Gasteiger partial charge in [0.1, 0.15) is 5.82 Å². The van der Waals surface area contributed by atoms with Crippen LogP contribution >= 0.6 is 0 Å². The van der Waals surface area contributed by atoms with Crippen LogP contribution in [0, 0.1) is 12.7 Å². The highest BCUT2D eigenvalue weighted by Crippen LogP contribution is 2.20. The molecule has 3 aromatic rings. The minimum Gasteiger partial charge on any atom is -0.366 e. The van der Waals surface area contributed by atoms with Gasteiger partial charge in [-0.05, 0) is 59.8 Å². The van der Waals surface area contributed by atoms with Crippen molar-refractivity contribution in [3.05, 3.63) is 71.2 Å². The summed E-state index contributed by atoms with van der Waals surface area (Å²) in [6.07, 6.45) is 1.94. The topological polar surface area (TPSA) is 48.0 Å². The third-order valence-corrected chi connectivity index (χ3v) is 3.70. The van der Waals surface area contributed by atoms with E-state index in [1.54, 1.807) is 18.2 Å². The summed E-state index contributed by atoms with van der Waals surface area (Å²) in [4.78, 5) is 11.2. The SMILES string of the molecule is Cc1cc(C(N)=O)ccc1Cn1ccc2ccc(F)cc21. The largest absolute Gasteiger partial charge is 0.366 e. The second-order valence-corrected chi connectivity index (χ2v) is 5.15. The summed E-state index contributed by atoms with van der Waals surface area (Å²) < 4.78 is 15.4. The fraction of sp³-hybridized carbons (Fsp3) is 0.118. The lowest BCUT2D eigenvalue weighted by molar-refractivity contribution is 0.1000. The zero-order valence-corrected chi connectivity index (χ0v) is 11.6. The van der Waals surface area contributed by atoms with Crippen molar-refractivity contribution in [1.82, 2.24) is 4.57 Å². The Bertz CT molecular complexity index is 836. The smallest absolute Gasteiger partial charge is 0.248 e. The van der Waals surface area contributed by atoms with Gasteiger partial charge in [0, 0.05) is 18.3 Å². The lowest BCUT2D eigenvalue weighted by atomic mass is 10.0. The van der Waals surface area contributed by atoms with E-state index in [0.29, 0.717) is 12.1 Å². The molecule has 0 saturated heterocycles. The summed E-state index contributed by atoms with van der Waals surface area (Å²) in [6.45, 7) is 2.56. The first kappa shape index (κ1) is 13.4. The third-order valence-electron chi connectivity index (χ3n) is 3.70. The van der Waals surface area contributed by atoms with Gasteiger partial charge in [0.05, 0.1) is 5.52 Å². The molecule has 1 amide bonds. The number of hydrogen-bond donors (Lipinski definition) is 1. The number of carbonyl (C=O) groups is 1. The third kappa shape index (κ3) is 2.52. The summed E-state index contributed by atoms with van der Waals surface area (Å²) >= 11 is 0. The van der Waals surface area contributed by atoms with Crippen LogP contribution in [0.1, 0.15) is 21.5 Å². The van der Waals surface area contributed by atoms with Gasteiger partial charge in [-0.25, -0.2) is 4.39 Å². The van der Waals surface area contributed by atoms with Crippen LogP contribution in [0.4, 0.5) is 4.39 Å². The first-order chi connectivity index (χ1) is 10.0. The Morgan fingerprint density at radius 3 is 2.71 bits per heavy atom. The lowest BCUT2D eigenvalue weighted by Gasteiger charge is -2.10. The zero-order valence-electron chi connectivity index (χ0n) is 11.6. The molecule has 0 aliphatic heterocycles. The van der Waals surface area contributed by atoms with Gasteiger partial charge < -0.3 is 10.3 Å². The number of aryl methyl sites for hydroxylation is 1. The molecule has 2 aromatic carbocycles. The highest BCUT2D eigenvalue weighted by atomic mass is 19.1. The number of rotatable bonds is 3. The number of aromatic nitrogens is 1. The second kappa shape index (κ2) is 5.05. The van der Waals surface area contributed by atoms with Crippen molar-refractivity contribution >= 4 is 16.8 Å². The maximum atomic E-state index is 13.4. The normalized spacial score (nSPS) is 11.0. The number of fused-ring (bicyclic) bond motifs is 1. The molecule has 0 bridgehead atoms.